The molecule has 4 rings (SSSR count). The van der Waals surface area contributed by atoms with Crippen LogP contribution in [0.4, 0.5) is 0 Å². The molecule has 0 aromatic heterocycles. The summed E-state index contributed by atoms with van der Waals surface area (Å²) in [6.07, 6.45) is 16.4. The van der Waals surface area contributed by atoms with Gasteiger partial charge in [0.05, 0.1) is 0 Å². The fourth-order valence-electron chi connectivity index (χ4n) is 4.20. The highest BCUT2D eigenvalue weighted by molar-refractivity contribution is 5.49. The van der Waals surface area contributed by atoms with E-state index in [0.29, 0.717) is 0 Å². The van der Waals surface area contributed by atoms with Crippen molar-refractivity contribution in [2.45, 2.75) is 31.7 Å². The monoisotopic (exact) mass is 268 g/mol. The molecule has 2 nitrogen and oxygen atoms in total. The van der Waals surface area contributed by atoms with E-state index >= 15 is 0 Å². The molecule has 4 aliphatic rings. The molecule has 1 saturated heterocycles. The number of rotatable bonds is 2. The Labute approximate surface area is 121 Å². The fourth-order valence-corrected chi connectivity index (χ4v) is 4.20. The van der Waals surface area contributed by atoms with Crippen LogP contribution in [0.25, 0.3) is 0 Å². The first-order chi connectivity index (χ1) is 9.83. The largest absolute Gasteiger partial charge is 0.324 e. The lowest BCUT2D eigenvalue weighted by molar-refractivity contribution is 0.405. The van der Waals surface area contributed by atoms with Crippen LogP contribution in [0, 0.1) is 17.8 Å². The van der Waals surface area contributed by atoms with Crippen LogP contribution in [0.2, 0.25) is 0 Å². The quantitative estimate of drug-likeness (QED) is 0.808. The van der Waals surface area contributed by atoms with Gasteiger partial charge in [0.1, 0.15) is 0 Å². The third-order valence-electron chi connectivity index (χ3n) is 5.37. The van der Waals surface area contributed by atoms with E-state index < -0.39 is 0 Å². The number of nitrogens with one attached hydrogen (secondary N) is 1. The molecule has 1 aliphatic heterocycles. The Morgan fingerprint density at radius 2 is 1.90 bits per heavy atom. The van der Waals surface area contributed by atoms with Crippen molar-refractivity contribution in [2.24, 2.45) is 23.5 Å². The van der Waals surface area contributed by atoms with E-state index in [2.05, 4.69) is 35.7 Å². The molecule has 0 aromatic rings. The highest BCUT2D eigenvalue weighted by Gasteiger charge is 2.46. The van der Waals surface area contributed by atoms with E-state index in [1.165, 1.54) is 37.9 Å². The minimum absolute atomic E-state index is 0.211. The molecule has 20 heavy (non-hydrogen) atoms. The summed E-state index contributed by atoms with van der Waals surface area (Å²) in [7, 11) is 0. The first-order valence-corrected chi connectivity index (χ1v) is 8.08. The van der Waals surface area contributed by atoms with Crippen molar-refractivity contribution in [3.63, 3.8) is 0 Å². The van der Waals surface area contributed by atoms with Gasteiger partial charge in [0.2, 0.25) is 0 Å². The zero-order valence-corrected chi connectivity index (χ0v) is 12.0. The molecule has 0 aromatic carbocycles. The third-order valence-corrected chi connectivity index (χ3v) is 5.37. The number of hydrogen-bond donors (Lipinski definition) is 2. The van der Waals surface area contributed by atoms with E-state index in [1.807, 2.05) is 0 Å². The minimum Gasteiger partial charge on any atom is -0.324 e. The second-order valence-corrected chi connectivity index (χ2v) is 6.71. The smallest absolute Gasteiger partial charge is 0.0267 e. The van der Waals surface area contributed by atoms with Crippen LogP contribution >= 0.6 is 0 Å². The molecule has 3 atom stereocenters. The number of piperidine rings is 1. The summed E-state index contributed by atoms with van der Waals surface area (Å²) in [5.41, 5.74) is 10.9. The summed E-state index contributed by atoms with van der Waals surface area (Å²) in [5.74, 6) is 2.49. The van der Waals surface area contributed by atoms with Crippen LogP contribution in [0.15, 0.2) is 47.1 Å². The number of nitrogens with two attached hydrogens (primary N) is 1. The van der Waals surface area contributed by atoms with Crippen molar-refractivity contribution in [3.05, 3.63) is 47.1 Å². The Bertz CT molecular complexity index is 518. The highest BCUT2D eigenvalue weighted by atomic mass is 14.9. The summed E-state index contributed by atoms with van der Waals surface area (Å²) in [6, 6.07) is 0.211. The molecule has 0 amide bonds. The van der Waals surface area contributed by atoms with Crippen LogP contribution < -0.4 is 11.1 Å². The standard InChI is InChI=1S/C18H24N2/c19-14-3-1-2-13(10-14)16-5-4-15(17-11-18(16)17)12-6-8-20-9-7-12/h1-5,12,14,17-18,20H,6-11,19H2. The Kier molecular flexibility index (Phi) is 3.16. The molecule has 1 saturated carbocycles. The molecule has 0 spiro atoms. The molecule has 2 heteroatoms. The second kappa shape index (κ2) is 5.01. The zero-order valence-electron chi connectivity index (χ0n) is 12.0. The van der Waals surface area contributed by atoms with E-state index in [-0.39, 0.29) is 6.04 Å². The van der Waals surface area contributed by atoms with Crippen molar-refractivity contribution in [1.82, 2.24) is 5.32 Å². The van der Waals surface area contributed by atoms with Crippen LogP contribution in [0.1, 0.15) is 25.7 Å². The molecule has 0 radical (unpaired) electrons. The molecular weight excluding hydrogens is 244 g/mol. The van der Waals surface area contributed by atoms with Gasteiger partial charge in [0.15, 0.2) is 0 Å². The Balaban J connectivity index is 1.56. The second-order valence-electron chi connectivity index (χ2n) is 6.71. The van der Waals surface area contributed by atoms with Gasteiger partial charge in [-0.25, -0.2) is 0 Å². The van der Waals surface area contributed by atoms with Crippen molar-refractivity contribution in [1.29, 1.82) is 0 Å². The summed E-state index contributed by atoms with van der Waals surface area (Å²) < 4.78 is 0. The Morgan fingerprint density at radius 1 is 1.05 bits per heavy atom. The molecule has 3 aliphatic carbocycles. The van der Waals surface area contributed by atoms with E-state index in [9.17, 15) is 0 Å². The lowest BCUT2D eigenvalue weighted by atomic mass is 9.81. The van der Waals surface area contributed by atoms with E-state index in [4.69, 9.17) is 5.73 Å². The maximum atomic E-state index is 6.06. The van der Waals surface area contributed by atoms with Gasteiger partial charge in [-0.05, 0) is 67.7 Å². The number of hydrogen-bond acceptors (Lipinski definition) is 2. The SMILES string of the molecule is NC1C=CC=C(C2=CC=C(C3CCNCC3)C3CC23)C1. The maximum Gasteiger partial charge on any atom is 0.0267 e. The van der Waals surface area contributed by atoms with Gasteiger partial charge in [-0.15, -0.1) is 0 Å². The Morgan fingerprint density at radius 3 is 2.70 bits per heavy atom. The topological polar surface area (TPSA) is 38.0 Å². The van der Waals surface area contributed by atoms with Crippen molar-refractivity contribution < 1.29 is 0 Å². The molecule has 3 unspecified atom stereocenters. The molecule has 2 fully saturated rings. The van der Waals surface area contributed by atoms with Crippen LogP contribution in [-0.4, -0.2) is 19.1 Å². The van der Waals surface area contributed by atoms with Gasteiger partial charge < -0.3 is 11.1 Å². The normalized spacial score (nSPS) is 36.9. The van der Waals surface area contributed by atoms with Gasteiger partial charge >= 0.3 is 0 Å². The maximum absolute atomic E-state index is 6.06. The highest BCUT2D eigenvalue weighted by Crippen LogP contribution is 2.56. The van der Waals surface area contributed by atoms with E-state index in [0.717, 1.165) is 24.2 Å². The third kappa shape index (κ3) is 2.21. The number of allylic oxidation sites excluding steroid dienone is 6. The van der Waals surface area contributed by atoms with Crippen molar-refractivity contribution >= 4 is 0 Å². The lowest BCUT2D eigenvalue weighted by Crippen LogP contribution is -2.29. The lowest BCUT2D eigenvalue weighted by Gasteiger charge is -2.28. The minimum atomic E-state index is 0.211. The van der Waals surface area contributed by atoms with Gasteiger partial charge in [0.25, 0.3) is 0 Å². The van der Waals surface area contributed by atoms with E-state index in [1.54, 1.807) is 11.1 Å². The number of fused-ring (bicyclic) bond motifs is 1. The van der Waals surface area contributed by atoms with Crippen molar-refractivity contribution in [2.75, 3.05) is 13.1 Å². The van der Waals surface area contributed by atoms with Gasteiger partial charge in [-0.1, -0.05) is 36.0 Å². The summed E-state index contributed by atoms with van der Waals surface area (Å²) >= 11 is 0. The first-order valence-electron chi connectivity index (χ1n) is 8.08. The first kappa shape index (κ1) is 12.6. The van der Waals surface area contributed by atoms with Gasteiger partial charge in [0, 0.05) is 6.04 Å². The molecule has 1 heterocycles. The van der Waals surface area contributed by atoms with Crippen LogP contribution in [0.5, 0.6) is 0 Å². The van der Waals surface area contributed by atoms with Gasteiger partial charge in [-0.2, -0.15) is 0 Å². The van der Waals surface area contributed by atoms with Crippen LogP contribution in [-0.2, 0) is 0 Å². The summed E-state index contributed by atoms with van der Waals surface area (Å²) in [6.45, 7) is 2.39. The zero-order chi connectivity index (χ0) is 13.5. The predicted molar refractivity (Wildman–Crippen MR) is 83.2 cm³/mol. The molecular formula is C18H24N2. The molecule has 106 valence electrons. The summed E-state index contributed by atoms with van der Waals surface area (Å²) in [4.78, 5) is 0. The van der Waals surface area contributed by atoms with Crippen molar-refractivity contribution in [3.8, 4) is 0 Å². The summed E-state index contributed by atoms with van der Waals surface area (Å²) in [5, 5.41) is 3.47. The fraction of sp³-hybridized carbons (Fsp3) is 0.556. The molecule has 0 bridgehead atoms. The Hall–Kier alpha value is -1.12. The van der Waals surface area contributed by atoms with Crippen LogP contribution in [0.3, 0.4) is 0 Å². The average Bonchev–Trinajstić information content (AvgIpc) is 3.27. The molecule has 3 N–H and O–H groups in total. The average molecular weight is 268 g/mol. The van der Waals surface area contributed by atoms with Gasteiger partial charge in [-0.3, -0.25) is 0 Å². The predicted octanol–water partition coefficient (Wildman–Crippen LogP) is 2.70.